The summed E-state index contributed by atoms with van der Waals surface area (Å²) in [7, 11) is 0. The van der Waals surface area contributed by atoms with Crippen LogP contribution >= 0.6 is 22.9 Å². The van der Waals surface area contributed by atoms with E-state index in [0.717, 1.165) is 22.6 Å². The average Bonchev–Trinajstić information content (AvgIpc) is 2.86. The lowest BCUT2D eigenvalue weighted by molar-refractivity contribution is 1.27. The highest BCUT2D eigenvalue weighted by atomic mass is 35.5. The molecule has 0 unspecified atom stereocenters. The lowest BCUT2D eigenvalue weighted by atomic mass is 10.3. The van der Waals surface area contributed by atoms with Crippen molar-refractivity contribution in [3.63, 3.8) is 0 Å². The Morgan fingerprint density at radius 2 is 2.27 bits per heavy atom. The molecule has 0 aliphatic rings. The van der Waals surface area contributed by atoms with Crippen molar-refractivity contribution in [2.75, 3.05) is 0 Å². The van der Waals surface area contributed by atoms with Crippen LogP contribution in [0.25, 0.3) is 22.6 Å². The van der Waals surface area contributed by atoms with Crippen molar-refractivity contribution in [2.45, 2.75) is 0 Å². The van der Waals surface area contributed by atoms with Crippen molar-refractivity contribution >= 4 is 34.0 Å². The summed E-state index contributed by atoms with van der Waals surface area (Å²) in [6, 6.07) is 5.67. The van der Waals surface area contributed by atoms with Gasteiger partial charge in [-0.15, -0.1) is 11.3 Å². The van der Waals surface area contributed by atoms with Crippen molar-refractivity contribution in [1.29, 1.82) is 0 Å². The predicted molar refractivity (Wildman–Crippen MR) is 62.2 cm³/mol. The summed E-state index contributed by atoms with van der Waals surface area (Å²) in [6.45, 7) is 0. The molecule has 2 aromatic heterocycles. The molecule has 3 aromatic rings. The molecule has 1 aromatic carbocycles. The molecule has 0 atom stereocenters. The van der Waals surface area contributed by atoms with Crippen molar-refractivity contribution < 1.29 is 0 Å². The second-order valence-corrected chi connectivity index (χ2v) is 4.22. The van der Waals surface area contributed by atoms with Gasteiger partial charge in [-0.2, -0.15) is 0 Å². The number of hydrogen-bond donors (Lipinski definition) is 1. The first-order valence-electron chi connectivity index (χ1n) is 4.37. The molecule has 74 valence electrons. The van der Waals surface area contributed by atoms with Gasteiger partial charge in [-0.3, -0.25) is 0 Å². The van der Waals surface area contributed by atoms with Crippen LogP contribution in [0, 0.1) is 0 Å². The molecule has 3 rings (SSSR count). The second-order valence-electron chi connectivity index (χ2n) is 3.10. The van der Waals surface area contributed by atoms with E-state index in [2.05, 4.69) is 15.0 Å². The van der Waals surface area contributed by atoms with E-state index >= 15 is 0 Å². The molecule has 3 nitrogen and oxygen atoms in total. The van der Waals surface area contributed by atoms with Gasteiger partial charge >= 0.3 is 0 Å². The Balaban J connectivity index is 2.27. The van der Waals surface area contributed by atoms with Crippen LogP contribution in [-0.4, -0.2) is 15.0 Å². The minimum atomic E-state index is 0.658. The SMILES string of the molecule is Clc1cccc2[nH]c(-c3cscn3)nc12. The minimum Gasteiger partial charge on any atom is -0.337 e. The molecule has 5 heteroatoms. The average molecular weight is 236 g/mol. The largest absolute Gasteiger partial charge is 0.337 e. The number of rotatable bonds is 1. The highest BCUT2D eigenvalue weighted by Gasteiger charge is 2.08. The van der Waals surface area contributed by atoms with Crippen LogP contribution in [-0.2, 0) is 0 Å². The molecule has 1 N–H and O–H groups in total. The highest BCUT2D eigenvalue weighted by molar-refractivity contribution is 7.07. The Kier molecular flexibility index (Phi) is 1.97. The molecule has 0 amide bonds. The Labute approximate surface area is 94.8 Å². The Bertz CT molecular complexity index is 600. The summed E-state index contributed by atoms with van der Waals surface area (Å²) >= 11 is 7.58. The van der Waals surface area contributed by atoms with Crippen LogP contribution in [0.3, 0.4) is 0 Å². The third-order valence-electron chi connectivity index (χ3n) is 2.14. The van der Waals surface area contributed by atoms with Gasteiger partial charge in [-0.1, -0.05) is 17.7 Å². The fourth-order valence-corrected chi connectivity index (χ4v) is 2.20. The molecule has 15 heavy (non-hydrogen) atoms. The second kappa shape index (κ2) is 3.32. The third-order valence-corrected chi connectivity index (χ3v) is 3.03. The minimum absolute atomic E-state index is 0.658. The standard InChI is InChI=1S/C10H6ClN3S/c11-6-2-1-3-7-9(6)14-10(13-7)8-4-15-5-12-8/h1-5H,(H,13,14). The summed E-state index contributed by atoms with van der Waals surface area (Å²) in [6.07, 6.45) is 0. The van der Waals surface area contributed by atoms with Gasteiger partial charge in [0.1, 0.15) is 11.2 Å². The van der Waals surface area contributed by atoms with E-state index in [4.69, 9.17) is 11.6 Å². The number of imidazole rings is 1. The third kappa shape index (κ3) is 1.42. The molecule has 0 spiro atoms. The highest BCUT2D eigenvalue weighted by Crippen LogP contribution is 2.25. The smallest absolute Gasteiger partial charge is 0.158 e. The maximum atomic E-state index is 6.03. The van der Waals surface area contributed by atoms with Crippen molar-refractivity contribution in [2.24, 2.45) is 0 Å². The van der Waals surface area contributed by atoms with Crippen LogP contribution < -0.4 is 0 Å². The van der Waals surface area contributed by atoms with Gasteiger partial charge in [0.25, 0.3) is 0 Å². The first-order valence-corrected chi connectivity index (χ1v) is 5.69. The number of hydrogen-bond acceptors (Lipinski definition) is 3. The molecular weight excluding hydrogens is 230 g/mol. The maximum Gasteiger partial charge on any atom is 0.158 e. The Morgan fingerprint density at radius 1 is 1.33 bits per heavy atom. The van der Waals surface area contributed by atoms with Gasteiger partial charge in [-0.25, -0.2) is 9.97 Å². The number of H-pyrrole nitrogens is 1. The number of aromatic amines is 1. The summed E-state index contributed by atoms with van der Waals surface area (Å²) < 4.78 is 0. The zero-order chi connectivity index (χ0) is 10.3. The van der Waals surface area contributed by atoms with E-state index in [1.54, 1.807) is 16.8 Å². The van der Waals surface area contributed by atoms with Crippen molar-refractivity contribution in [3.05, 3.63) is 34.1 Å². The molecule has 0 bridgehead atoms. The fraction of sp³-hybridized carbons (Fsp3) is 0. The number of aromatic nitrogens is 3. The molecule has 2 heterocycles. The van der Waals surface area contributed by atoms with Crippen LogP contribution in [0.15, 0.2) is 29.1 Å². The number of para-hydroxylation sites is 1. The first-order chi connectivity index (χ1) is 7.34. The van der Waals surface area contributed by atoms with E-state index in [9.17, 15) is 0 Å². The summed E-state index contributed by atoms with van der Waals surface area (Å²) in [5.41, 5.74) is 4.37. The number of benzene rings is 1. The summed E-state index contributed by atoms with van der Waals surface area (Å²) in [4.78, 5) is 11.8. The van der Waals surface area contributed by atoms with Gasteiger partial charge in [0.2, 0.25) is 0 Å². The van der Waals surface area contributed by atoms with Crippen molar-refractivity contribution in [3.8, 4) is 11.5 Å². The van der Waals surface area contributed by atoms with E-state index in [1.807, 2.05) is 23.6 Å². The molecule has 0 aliphatic heterocycles. The Morgan fingerprint density at radius 3 is 3.00 bits per heavy atom. The number of nitrogens with one attached hydrogen (secondary N) is 1. The van der Waals surface area contributed by atoms with Crippen LogP contribution in [0.4, 0.5) is 0 Å². The van der Waals surface area contributed by atoms with Gasteiger partial charge < -0.3 is 4.98 Å². The van der Waals surface area contributed by atoms with E-state index < -0.39 is 0 Å². The number of thiazole rings is 1. The van der Waals surface area contributed by atoms with Crippen LogP contribution in [0.2, 0.25) is 5.02 Å². The number of halogens is 1. The number of fused-ring (bicyclic) bond motifs is 1. The van der Waals surface area contributed by atoms with Crippen LogP contribution in [0.1, 0.15) is 0 Å². The molecule has 0 aliphatic carbocycles. The first kappa shape index (κ1) is 8.88. The molecule has 0 saturated carbocycles. The van der Waals surface area contributed by atoms with Crippen LogP contribution in [0.5, 0.6) is 0 Å². The summed E-state index contributed by atoms with van der Waals surface area (Å²) in [5.74, 6) is 0.763. The van der Waals surface area contributed by atoms with Gasteiger partial charge in [0.15, 0.2) is 5.82 Å². The van der Waals surface area contributed by atoms with Gasteiger partial charge in [0.05, 0.1) is 16.0 Å². The van der Waals surface area contributed by atoms with E-state index in [1.165, 1.54) is 0 Å². The molecule has 0 saturated heterocycles. The topological polar surface area (TPSA) is 41.6 Å². The predicted octanol–water partition coefficient (Wildman–Crippen LogP) is 3.34. The quantitative estimate of drug-likeness (QED) is 0.703. The maximum absolute atomic E-state index is 6.03. The van der Waals surface area contributed by atoms with Gasteiger partial charge in [-0.05, 0) is 12.1 Å². The van der Waals surface area contributed by atoms with Gasteiger partial charge in [0, 0.05) is 5.38 Å². The van der Waals surface area contributed by atoms with E-state index in [0.29, 0.717) is 5.02 Å². The zero-order valence-electron chi connectivity index (χ0n) is 7.57. The lowest BCUT2D eigenvalue weighted by Gasteiger charge is -1.88. The monoisotopic (exact) mass is 235 g/mol. The lowest BCUT2D eigenvalue weighted by Crippen LogP contribution is -1.77. The normalized spacial score (nSPS) is 11.0. The number of nitrogens with zero attached hydrogens (tertiary/aromatic N) is 2. The van der Waals surface area contributed by atoms with Crippen molar-refractivity contribution in [1.82, 2.24) is 15.0 Å². The fourth-order valence-electron chi connectivity index (χ4n) is 1.45. The molecular formula is C10H6ClN3S. The Hall–Kier alpha value is -1.39. The summed E-state index contributed by atoms with van der Waals surface area (Å²) in [5, 5.41) is 2.61. The molecule has 0 fully saturated rings. The van der Waals surface area contributed by atoms with E-state index in [-0.39, 0.29) is 0 Å². The zero-order valence-corrected chi connectivity index (χ0v) is 9.14. The molecule has 0 radical (unpaired) electrons.